The maximum absolute atomic E-state index is 11.6. The molecule has 0 aromatic heterocycles. The number of carbonyl (C=O) groups excluding carboxylic acids is 1. The van der Waals surface area contributed by atoms with Gasteiger partial charge in [-0.2, -0.15) is 0 Å². The number of carbonyl (C=O) groups is 1. The van der Waals surface area contributed by atoms with E-state index in [0.717, 1.165) is 19.5 Å². The van der Waals surface area contributed by atoms with E-state index in [1.54, 1.807) is 0 Å². The fourth-order valence-electron chi connectivity index (χ4n) is 2.09. The second-order valence-electron chi connectivity index (χ2n) is 4.69. The fourth-order valence-corrected chi connectivity index (χ4v) is 2.09. The summed E-state index contributed by atoms with van der Waals surface area (Å²) in [5, 5.41) is 3.33. The summed E-state index contributed by atoms with van der Waals surface area (Å²) >= 11 is 0. The Labute approximate surface area is 104 Å². The molecule has 0 radical (unpaired) electrons. The molecule has 1 aliphatic rings. The van der Waals surface area contributed by atoms with Crippen molar-refractivity contribution in [3.05, 3.63) is 0 Å². The van der Waals surface area contributed by atoms with Crippen LogP contribution in [0.1, 0.15) is 39.5 Å². The van der Waals surface area contributed by atoms with Gasteiger partial charge in [0, 0.05) is 13.0 Å². The maximum atomic E-state index is 11.6. The van der Waals surface area contributed by atoms with E-state index in [1.165, 1.54) is 12.8 Å². The molecule has 0 aromatic carbocycles. The Morgan fingerprint density at radius 3 is 2.76 bits per heavy atom. The summed E-state index contributed by atoms with van der Waals surface area (Å²) in [5.74, 6) is 0.599. The van der Waals surface area contributed by atoms with Gasteiger partial charge < -0.3 is 14.8 Å². The summed E-state index contributed by atoms with van der Waals surface area (Å²) in [7, 11) is 0. The monoisotopic (exact) mass is 243 g/mol. The Balaban J connectivity index is 2.07. The number of hydrogen-bond acceptors (Lipinski definition) is 4. The lowest BCUT2D eigenvalue weighted by Crippen LogP contribution is -2.28. The first-order chi connectivity index (χ1) is 8.22. The van der Waals surface area contributed by atoms with Gasteiger partial charge in [-0.05, 0) is 52.1 Å². The zero-order valence-corrected chi connectivity index (χ0v) is 11.0. The van der Waals surface area contributed by atoms with Crippen LogP contribution >= 0.6 is 0 Å². The van der Waals surface area contributed by atoms with Crippen molar-refractivity contribution in [2.24, 2.45) is 5.92 Å². The Hall–Kier alpha value is -0.610. The van der Waals surface area contributed by atoms with E-state index in [2.05, 4.69) is 5.32 Å². The van der Waals surface area contributed by atoms with Gasteiger partial charge in [0.15, 0.2) is 0 Å². The highest BCUT2D eigenvalue weighted by Crippen LogP contribution is 2.18. The van der Waals surface area contributed by atoms with E-state index in [1.807, 2.05) is 13.8 Å². The van der Waals surface area contributed by atoms with Crippen molar-refractivity contribution in [1.29, 1.82) is 0 Å². The maximum Gasteiger partial charge on any atom is 0.306 e. The smallest absolute Gasteiger partial charge is 0.306 e. The van der Waals surface area contributed by atoms with Crippen molar-refractivity contribution in [2.75, 3.05) is 26.3 Å². The van der Waals surface area contributed by atoms with E-state index in [0.29, 0.717) is 25.6 Å². The van der Waals surface area contributed by atoms with Crippen molar-refractivity contribution >= 4 is 5.97 Å². The van der Waals surface area contributed by atoms with Crippen LogP contribution in [-0.4, -0.2) is 38.4 Å². The SMILES string of the molecule is CCOCC(C)OC(=O)CCC1CCNCC1. The summed E-state index contributed by atoms with van der Waals surface area (Å²) in [4.78, 5) is 11.6. The first-order valence-corrected chi connectivity index (χ1v) is 6.70. The standard InChI is InChI=1S/C13H25NO3/c1-3-16-10-11(2)17-13(15)5-4-12-6-8-14-9-7-12/h11-12,14H,3-10H2,1-2H3. The van der Waals surface area contributed by atoms with Crippen LogP contribution < -0.4 is 5.32 Å². The molecule has 17 heavy (non-hydrogen) atoms. The third-order valence-electron chi connectivity index (χ3n) is 3.10. The highest BCUT2D eigenvalue weighted by Gasteiger charge is 2.16. The first kappa shape index (κ1) is 14.5. The van der Waals surface area contributed by atoms with Crippen molar-refractivity contribution in [3.63, 3.8) is 0 Å². The predicted octanol–water partition coefficient (Wildman–Crippen LogP) is 1.73. The summed E-state index contributed by atoms with van der Waals surface area (Å²) in [6.07, 6.45) is 3.74. The van der Waals surface area contributed by atoms with Crippen LogP contribution in [0.25, 0.3) is 0 Å². The van der Waals surface area contributed by atoms with Crippen LogP contribution in [0.15, 0.2) is 0 Å². The first-order valence-electron chi connectivity index (χ1n) is 6.70. The molecule has 1 heterocycles. The van der Waals surface area contributed by atoms with Crippen LogP contribution in [0.2, 0.25) is 0 Å². The van der Waals surface area contributed by atoms with Gasteiger partial charge in [-0.1, -0.05) is 0 Å². The van der Waals surface area contributed by atoms with E-state index in [-0.39, 0.29) is 12.1 Å². The van der Waals surface area contributed by atoms with E-state index < -0.39 is 0 Å². The normalized spacial score (nSPS) is 18.9. The lowest BCUT2D eigenvalue weighted by molar-refractivity contribution is -0.151. The van der Waals surface area contributed by atoms with E-state index >= 15 is 0 Å². The summed E-state index contributed by atoms with van der Waals surface area (Å²) in [6, 6.07) is 0. The minimum atomic E-state index is -0.129. The molecule has 4 heteroatoms. The molecule has 4 nitrogen and oxygen atoms in total. The van der Waals surface area contributed by atoms with E-state index in [9.17, 15) is 4.79 Å². The molecule has 0 aromatic rings. The van der Waals surface area contributed by atoms with Gasteiger partial charge in [-0.15, -0.1) is 0 Å². The van der Waals surface area contributed by atoms with Gasteiger partial charge in [-0.25, -0.2) is 0 Å². The fraction of sp³-hybridized carbons (Fsp3) is 0.923. The molecule has 1 fully saturated rings. The largest absolute Gasteiger partial charge is 0.460 e. The van der Waals surface area contributed by atoms with Crippen molar-refractivity contribution in [3.8, 4) is 0 Å². The molecule has 0 amide bonds. The molecule has 1 unspecified atom stereocenters. The topological polar surface area (TPSA) is 47.6 Å². The average Bonchev–Trinajstić information content (AvgIpc) is 2.35. The molecule has 0 saturated carbocycles. The molecule has 0 bridgehead atoms. The number of piperidine rings is 1. The lowest BCUT2D eigenvalue weighted by Gasteiger charge is -2.22. The van der Waals surface area contributed by atoms with Crippen LogP contribution in [0.3, 0.4) is 0 Å². The van der Waals surface area contributed by atoms with Gasteiger partial charge in [0.2, 0.25) is 0 Å². The van der Waals surface area contributed by atoms with Crippen molar-refractivity contribution < 1.29 is 14.3 Å². The lowest BCUT2D eigenvalue weighted by atomic mass is 9.93. The molecule has 1 atom stereocenters. The molecular formula is C13H25NO3. The highest BCUT2D eigenvalue weighted by molar-refractivity contribution is 5.69. The third kappa shape index (κ3) is 6.64. The van der Waals surface area contributed by atoms with Crippen LogP contribution in [-0.2, 0) is 14.3 Å². The minimum Gasteiger partial charge on any atom is -0.460 e. The van der Waals surface area contributed by atoms with Crippen LogP contribution in [0.5, 0.6) is 0 Å². The molecule has 1 aliphatic heterocycles. The molecule has 1 saturated heterocycles. The molecule has 100 valence electrons. The summed E-state index contributed by atoms with van der Waals surface area (Å²) in [6.45, 7) is 7.14. The van der Waals surface area contributed by atoms with Crippen LogP contribution in [0.4, 0.5) is 0 Å². The molecule has 1 rings (SSSR count). The average molecular weight is 243 g/mol. The Morgan fingerprint density at radius 2 is 2.12 bits per heavy atom. The third-order valence-corrected chi connectivity index (χ3v) is 3.10. The number of esters is 1. The van der Waals surface area contributed by atoms with Crippen LogP contribution in [0, 0.1) is 5.92 Å². The summed E-state index contributed by atoms with van der Waals surface area (Å²) in [5.41, 5.74) is 0. The second-order valence-corrected chi connectivity index (χ2v) is 4.69. The van der Waals surface area contributed by atoms with E-state index in [4.69, 9.17) is 9.47 Å². The number of rotatable bonds is 7. The molecule has 1 N–H and O–H groups in total. The predicted molar refractivity (Wildman–Crippen MR) is 66.9 cm³/mol. The molecular weight excluding hydrogens is 218 g/mol. The number of ether oxygens (including phenoxy) is 2. The Kier molecular flexibility index (Phi) is 7.21. The molecule has 0 aliphatic carbocycles. The Morgan fingerprint density at radius 1 is 1.41 bits per heavy atom. The van der Waals surface area contributed by atoms with Gasteiger partial charge >= 0.3 is 5.97 Å². The number of nitrogens with one attached hydrogen (secondary N) is 1. The zero-order chi connectivity index (χ0) is 12.5. The van der Waals surface area contributed by atoms with Gasteiger partial charge in [-0.3, -0.25) is 4.79 Å². The molecule has 0 spiro atoms. The number of hydrogen-bond donors (Lipinski definition) is 1. The van der Waals surface area contributed by atoms with Crippen molar-refractivity contribution in [1.82, 2.24) is 5.32 Å². The second kappa shape index (κ2) is 8.48. The van der Waals surface area contributed by atoms with Gasteiger partial charge in [0.25, 0.3) is 0 Å². The van der Waals surface area contributed by atoms with Gasteiger partial charge in [0.1, 0.15) is 6.10 Å². The quantitative estimate of drug-likeness (QED) is 0.692. The van der Waals surface area contributed by atoms with Crippen molar-refractivity contribution in [2.45, 2.75) is 45.6 Å². The van der Waals surface area contributed by atoms with Gasteiger partial charge in [0.05, 0.1) is 6.61 Å². The highest BCUT2D eigenvalue weighted by atomic mass is 16.6. The Bertz CT molecular complexity index is 215. The summed E-state index contributed by atoms with van der Waals surface area (Å²) < 4.78 is 10.5. The minimum absolute atomic E-state index is 0.0873. The zero-order valence-electron chi connectivity index (χ0n) is 11.0.